The molecule has 100 valence electrons. The monoisotopic (exact) mass is 267 g/mol. The molecule has 0 bridgehead atoms. The number of aromatic nitrogens is 4. The third-order valence-corrected chi connectivity index (χ3v) is 3.57. The second-order valence-corrected chi connectivity index (χ2v) is 5.34. The standard InChI is InChI=1S/C14H13N5O/c1-14(3-4-14)19-12-9-2-5-15-6-10(9)17-13(18-12)11-7-16-8-20-11/h2,5-8H,3-4H2,1H3,(H,17,18,19). The number of nitrogens with zero attached hydrogens (tertiary/aromatic N) is 4. The lowest BCUT2D eigenvalue weighted by Gasteiger charge is -2.14. The number of anilines is 1. The van der Waals surface area contributed by atoms with Crippen LogP contribution in [0.3, 0.4) is 0 Å². The average molecular weight is 267 g/mol. The van der Waals surface area contributed by atoms with Gasteiger partial charge in [0.2, 0.25) is 0 Å². The van der Waals surface area contributed by atoms with Crippen molar-refractivity contribution in [2.75, 3.05) is 5.32 Å². The van der Waals surface area contributed by atoms with Crippen LogP contribution >= 0.6 is 0 Å². The van der Waals surface area contributed by atoms with Gasteiger partial charge in [0, 0.05) is 17.1 Å². The molecular weight excluding hydrogens is 254 g/mol. The molecule has 1 saturated carbocycles. The van der Waals surface area contributed by atoms with Gasteiger partial charge < -0.3 is 9.73 Å². The fraction of sp³-hybridized carbons (Fsp3) is 0.286. The summed E-state index contributed by atoms with van der Waals surface area (Å²) in [4.78, 5) is 17.1. The van der Waals surface area contributed by atoms with E-state index in [1.165, 1.54) is 6.39 Å². The maximum Gasteiger partial charge on any atom is 0.200 e. The van der Waals surface area contributed by atoms with E-state index in [1.54, 1.807) is 18.6 Å². The van der Waals surface area contributed by atoms with Gasteiger partial charge in [0.1, 0.15) is 5.82 Å². The van der Waals surface area contributed by atoms with E-state index in [2.05, 4.69) is 32.2 Å². The molecule has 0 radical (unpaired) electrons. The third-order valence-electron chi connectivity index (χ3n) is 3.57. The topological polar surface area (TPSA) is 76.7 Å². The molecule has 3 aromatic rings. The van der Waals surface area contributed by atoms with Crippen molar-refractivity contribution >= 4 is 16.7 Å². The summed E-state index contributed by atoms with van der Waals surface area (Å²) >= 11 is 0. The average Bonchev–Trinajstić information content (AvgIpc) is 2.97. The van der Waals surface area contributed by atoms with E-state index in [-0.39, 0.29) is 5.54 Å². The van der Waals surface area contributed by atoms with E-state index in [9.17, 15) is 0 Å². The van der Waals surface area contributed by atoms with Crippen molar-refractivity contribution in [2.45, 2.75) is 25.3 Å². The highest BCUT2D eigenvalue weighted by atomic mass is 16.3. The first-order valence-electron chi connectivity index (χ1n) is 6.52. The molecule has 0 amide bonds. The number of fused-ring (bicyclic) bond motifs is 1. The minimum atomic E-state index is 0.142. The van der Waals surface area contributed by atoms with Crippen molar-refractivity contribution in [3.05, 3.63) is 31.1 Å². The van der Waals surface area contributed by atoms with Gasteiger partial charge in [-0.25, -0.2) is 15.0 Å². The van der Waals surface area contributed by atoms with E-state index in [4.69, 9.17) is 4.42 Å². The summed E-state index contributed by atoms with van der Waals surface area (Å²) in [5, 5.41) is 4.47. The van der Waals surface area contributed by atoms with E-state index in [1.807, 2.05) is 6.07 Å². The van der Waals surface area contributed by atoms with Gasteiger partial charge in [0.15, 0.2) is 18.0 Å². The molecule has 6 heteroatoms. The Hall–Kier alpha value is -2.50. The summed E-state index contributed by atoms with van der Waals surface area (Å²) < 4.78 is 5.28. The van der Waals surface area contributed by atoms with E-state index in [0.717, 1.165) is 29.6 Å². The van der Waals surface area contributed by atoms with Crippen LogP contribution in [0.5, 0.6) is 0 Å². The van der Waals surface area contributed by atoms with Crippen LogP contribution in [0.1, 0.15) is 19.8 Å². The van der Waals surface area contributed by atoms with Crippen molar-refractivity contribution < 1.29 is 4.42 Å². The Morgan fingerprint density at radius 3 is 2.85 bits per heavy atom. The van der Waals surface area contributed by atoms with E-state index < -0.39 is 0 Å². The molecule has 1 aliphatic carbocycles. The second-order valence-electron chi connectivity index (χ2n) is 5.34. The predicted molar refractivity (Wildman–Crippen MR) is 74.1 cm³/mol. The number of pyridine rings is 1. The van der Waals surface area contributed by atoms with E-state index in [0.29, 0.717) is 11.6 Å². The van der Waals surface area contributed by atoms with Crippen molar-refractivity contribution in [3.8, 4) is 11.6 Å². The fourth-order valence-corrected chi connectivity index (χ4v) is 2.11. The lowest BCUT2D eigenvalue weighted by atomic mass is 10.2. The first kappa shape index (κ1) is 11.3. The molecule has 0 aliphatic heterocycles. The van der Waals surface area contributed by atoms with Gasteiger partial charge >= 0.3 is 0 Å². The highest BCUT2D eigenvalue weighted by molar-refractivity contribution is 5.90. The normalized spacial score (nSPS) is 16.2. The second kappa shape index (κ2) is 4.00. The SMILES string of the molecule is CC1(Nc2nc(-c3cnco3)nc3cnccc23)CC1. The van der Waals surface area contributed by atoms with Crippen LogP contribution in [0.4, 0.5) is 5.82 Å². The molecule has 0 saturated heterocycles. The maximum absolute atomic E-state index is 5.28. The molecule has 20 heavy (non-hydrogen) atoms. The van der Waals surface area contributed by atoms with Crippen LogP contribution in [0, 0.1) is 0 Å². The van der Waals surface area contributed by atoms with Crippen LogP contribution in [0.25, 0.3) is 22.5 Å². The zero-order valence-electron chi connectivity index (χ0n) is 11.0. The first-order valence-corrected chi connectivity index (χ1v) is 6.52. The summed E-state index contributed by atoms with van der Waals surface area (Å²) in [6, 6.07) is 1.92. The third kappa shape index (κ3) is 1.89. The van der Waals surface area contributed by atoms with Gasteiger partial charge in [0.05, 0.1) is 17.9 Å². The van der Waals surface area contributed by atoms with Crippen LogP contribution < -0.4 is 5.32 Å². The minimum Gasteiger partial charge on any atom is -0.440 e. The van der Waals surface area contributed by atoms with Crippen molar-refractivity contribution in [2.24, 2.45) is 0 Å². The molecule has 6 nitrogen and oxygen atoms in total. The zero-order chi connectivity index (χ0) is 13.6. The lowest BCUT2D eigenvalue weighted by molar-refractivity contribution is 0.567. The number of hydrogen-bond donors (Lipinski definition) is 1. The fourth-order valence-electron chi connectivity index (χ4n) is 2.11. The van der Waals surface area contributed by atoms with Gasteiger partial charge in [-0.2, -0.15) is 0 Å². The molecule has 1 fully saturated rings. The molecule has 1 aliphatic rings. The van der Waals surface area contributed by atoms with Gasteiger partial charge in [-0.3, -0.25) is 4.98 Å². The highest BCUT2D eigenvalue weighted by Crippen LogP contribution is 2.39. The van der Waals surface area contributed by atoms with Crippen LogP contribution in [-0.4, -0.2) is 25.5 Å². The Morgan fingerprint density at radius 2 is 2.10 bits per heavy atom. The predicted octanol–water partition coefficient (Wildman–Crippen LogP) is 2.64. The van der Waals surface area contributed by atoms with Crippen molar-refractivity contribution in [3.63, 3.8) is 0 Å². The van der Waals surface area contributed by atoms with Gasteiger partial charge in [0.25, 0.3) is 0 Å². The molecule has 3 aromatic heterocycles. The summed E-state index contributed by atoms with van der Waals surface area (Å²) in [6.45, 7) is 2.19. The van der Waals surface area contributed by atoms with Gasteiger partial charge in [-0.15, -0.1) is 0 Å². The summed E-state index contributed by atoms with van der Waals surface area (Å²) in [5.74, 6) is 1.90. The summed E-state index contributed by atoms with van der Waals surface area (Å²) in [5.41, 5.74) is 0.934. The Bertz CT molecular complexity index is 764. The molecule has 0 unspecified atom stereocenters. The maximum atomic E-state index is 5.28. The lowest BCUT2D eigenvalue weighted by Crippen LogP contribution is -2.17. The van der Waals surface area contributed by atoms with Crippen LogP contribution in [-0.2, 0) is 0 Å². The van der Waals surface area contributed by atoms with Crippen LogP contribution in [0.15, 0.2) is 35.5 Å². The molecule has 0 atom stereocenters. The number of nitrogens with one attached hydrogen (secondary N) is 1. The quantitative estimate of drug-likeness (QED) is 0.786. The zero-order valence-corrected chi connectivity index (χ0v) is 11.0. The summed E-state index contributed by atoms with van der Waals surface area (Å²) in [6.07, 6.45) is 8.78. The number of oxazole rings is 1. The molecule has 0 aromatic carbocycles. The molecule has 4 rings (SSSR count). The molecule has 3 heterocycles. The van der Waals surface area contributed by atoms with Crippen molar-refractivity contribution in [1.29, 1.82) is 0 Å². The largest absolute Gasteiger partial charge is 0.440 e. The summed E-state index contributed by atoms with van der Waals surface area (Å²) in [7, 11) is 0. The molecule has 1 N–H and O–H groups in total. The Labute approximate surface area is 115 Å². The Balaban J connectivity index is 1.90. The van der Waals surface area contributed by atoms with Crippen LogP contribution in [0.2, 0.25) is 0 Å². The van der Waals surface area contributed by atoms with Crippen molar-refractivity contribution in [1.82, 2.24) is 19.9 Å². The molecular formula is C14H13N5O. The van der Waals surface area contributed by atoms with Gasteiger partial charge in [-0.05, 0) is 25.8 Å². The van der Waals surface area contributed by atoms with E-state index >= 15 is 0 Å². The smallest absolute Gasteiger partial charge is 0.200 e. The highest BCUT2D eigenvalue weighted by Gasteiger charge is 2.38. The minimum absolute atomic E-state index is 0.142. The first-order chi connectivity index (χ1) is 9.73. The number of hydrogen-bond acceptors (Lipinski definition) is 6. The Morgan fingerprint density at radius 1 is 1.20 bits per heavy atom. The molecule has 0 spiro atoms. The Kier molecular flexibility index (Phi) is 2.26. The number of rotatable bonds is 3. The van der Waals surface area contributed by atoms with Gasteiger partial charge in [-0.1, -0.05) is 0 Å².